The molecule has 0 saturated carbocycles. The van der Waals surface area contributed by atoms with Gasteiger partial charge in [-0.1, -0.05) is 49.9 Å². The summed E-state index contributed by atoms with van der Waals surface area (Å²) in [6, 6.07) is 1.83. The van der Waals surface area contributed by atoms with E-state index < -0.39 is 0 Å². The van der Waals surface area contributed by atoms with E-state index in [-0.39, 0.29) is 0 Å². The third-order valence-electron chi connectivity index (χ3n) is 1.70. The van der Waals surface area contributed by atoms with Crippen LogP contribution in [0.25, 0.3) is 5.57 Å². The summed E-state index contributed by atoms with van der Waals surface area (Å²) in [6.07, 6.45) is 7.47. The number of hydrogen-bond acceptors (Lipinski definition) is 3. The van der Waals surface area contributed by atoms with Gasteiger partial charge in [0.2, 0.25) is 0 Å². The maximum Gasteiger partial charge on any atom is 0.150 e. The molecule has 1 heterocycles. The normalized spacial score (nSPS) is 11.1. The van der Waals surface area contributed by atoms with Crippen LogP contribution in [0.1, 0.15) is 32.2 Å². The molecular weight excluding hydrogens is 200 g/mol. The Labute approximate surface area is 97.3 Å². The van der Waals surface area contributed by atoms with Crippen molar-refractivity contribution in [3.05, 3.63) is 48.4 Å². The smallest absolute Gasteiger partial charge is 0.150 e. The molecular formula is C13H20N2O. The second-order valence-corrected chi connectivity index (χ2v) is 2.74. The van der Waals surface area contributed by atoms with Crippen molar-refractivity contribution in [3.8, 4) is 0 Å². The van der Waals surface area contributed by atoms with E-state index in [9.17, 15) is 0 Å². The fraction of sp³-hybridized carbons (Fsp3) is 0.308. The van der Waals surface area contributed by atoms with Crippen molar-refractivity contribution in [2.24, 2.45) is 5.73 Å². The van der Waals surface area contributed by atoms with Crippen LogP contribution in [0.3, 0.4) is 0 Å². The first-order chi connectivity index (χ1) is 7.81. The monoisotopic (exact) mass is 220 g/mol. The maximum atomic E-state index is 5.42. The molecule has 88 valence electrons. The maximum absolute atomic E-state index is 5.42. The van der Waals surface area contributed by atoms with Gasteiger partial charge in [-0.2, -0.15) is 0 Å². The van der Waals surface area contributed by atoms with Crippen molar-refractivity contribution in [2.45, 2.75) is 27.3 Å². The van der Waals surface area contributed by atoms with Crippen LogP contribution in [-0.4, -0.2) is 5.16 Å². The summed E-state index contributed by atoms with van der Waals surface area (Å²) in [5.41, 5.74) is 7.16. The van der Waals surface area contributed by atoms with E-state index in [1.165, 1.54) is 0 Å². The fourth-order valence-electron chi connectivity index (χ4n) is 1.08. The molecule has 0 saturated heterocycles. The highest BCUT2D eigenvalue weighted by molar-refractivity contribution is 5.72. The van der Waals surface area contributed by atoms with Crippen LogP contribution in [-0.2, 0) is 6.54 Å². The second kappa shape index (κ2) is 8.68. The SMILES string of the molecule is C=C/C=C(\C=C/C)c1cc(CN)on1.CC. The molecule has 0 unspecified atom stereocenters. The second-order valence-electron chi connectivity index (χ2n) is 2.74. The molecule has 1 aromatic rings. The highest BCUT2D eigenvalue weighted by Gasteiger charge is 2.04. The molecule has 0 aliphatic rings. The van der Waals surface area contributed by atoms with E-state index in [0.29, 0.717) is 12.3 Å². The summed E-state index contributed by atoms with van der Waals surface area (Å²) in [7, 11) is 0. The molecule has 0 aliphatic heterocycles. The van der Waals surface area contributed by atoms with Crippen LogP contribution in [0.4, 0.5) is 0 Å². The third kappa shape index (κ3) is 4.28. The Balaban J connectivity index is 0.00000106. The average molecular weight is 220 g/mol. The van der Waals surface area contributed by atoms with Crippen LogP contribution < -0.4 is 5.73 Å². The lowest BCUT2D eigenvalue weighted by atomic mass is 10.1. The number of allylic oxidation sites excluding steroid dienone is 5. The summed E-state index contributed by atoms with van der Waals surface area (Å²) in [5, 5.41) is 3.90. The van der Waals surface area contributed by atoms with Crippen molar-refractivity contribution >= 4 is 5.57 Å². The van der Waals surface area contributed by atoms with Crippen LogP contribution in [0.2, 0.25) is 0 Å². The van der Waals surface area contributed by atoms with Crippen molar-refractivity contribution < 1.29 is 4.52 Å². The van der Waals surface area contributed by atoms with E-state index in [4.69, 9.17) is 10.3 Å². The molecule has 0 amide bonds. The van der Waals surface area contributed by atoms with Crippen LogP contribution in [0.5, 0.6) is 0 Å². The van der Waals surface area contributed by atoms with Gasteiger partial charge >= 0.3 is 0 Å². The Bertz CT molecular complexity index is 362. The van der Waals surface area contributed by atoms with Gasteiger partial charge in [0.15, 0.2) is 5.76 Å². The topological polar surface area (TPSA) is 52.0 Å². The highest BCUT2D eigenvalue weighted by atomic mass is 16.5. The lowest BCUT2D eigenvalue weighted by Crippen LogP contribution is -1.92. The number of hydrogen-bond donors (Lipinski definition) is 1. The molecule has 1 rings (SSSR count). The van der Waals surface area contributed by atoms with Crippen LogP contribution >= 0.6 is 0 Å². The largest absolute Gasteiger partial charge is 0.359 e. The van der Waals surface area contributed by atoms with Gasteiger partial charge in [-0.15, -0.1) is 0 Å². The summed E-state index contributed by atoms with van der Waals surface area (Å²) in [4.78, 5) is 0. The number of nitrogens with zero attached hydrogens (tertiary/aromatic N) is 1. The Kier molecular flexibility index (Phi) is 7.81. The zero-order valence-electron chi connectivity index (χ0n) is 10.2. The third-order valence-corrected chi connectivity index (χ3v) is 1.70. The first-order valence-electron chi connectivity index (χ1n) is 5.43. The highest BCUT2D eigenvalue weighted by Crippen LogP contribution is 2.15. The first-order valence-corrected chi connectivity index (χ1v) is 5.43. The number of aromatic nitrogens is 1. The van der Waals surface area contributed by atoms with Gasteiger partial charge in [-0.3, -0.25) is 0 Å². The Hall–Kier alpha value is -1.61. The number of rotatable bonds is 4. The Morgan fingerprint density at radius 1 is 1.56 bits per heavy atom. The minimum Gasteiger partial charge on any atom is -0.359 e. The van der Waals surface area contributed by atoms with E-state index in [0.717, 1.165) is 11.3 Å². The predicted molar refractivity (Wildman–Crippen MR) is 68.7 cm³/mol. The molecule has 0 atom stereocenters. The lowest BCUT2D eigenvalue weighted by Gasteiger charge is -1.92. The molecule has 0 radical (unpaired) electrons. The quantitative estimate of drug-likeness (QED) is 0.792. The van der Waals surface area contributed by atoms with Crippen molar-refractivity contribution in [1.82, 2.24) is 5.16 Å². The molecule has 0 aliphatic carbocycles. The fourth-order valence-corrected chi connectivity index (χ4v) is 1.08. The number of nitrogens with two attached hydrogens (primary N) is 1. The van der Waals surface area contributed by atoms with E-state index >= 15 is 0 Å². The van der Waals surface area contributed by atoms with E-state index in [1.807, 2.05) is 45.1 Å². The molecule has 0 spiro atoms. The van der Waals surface area contributed by atoms with E-state index in [2.05, 4.69) is 11.7 Å². The summed E-state index contributed by atoms with van der Waals surface area (Å²) < 4.78 is 5.00. The zero-order chi connectivity index (χ0) is 12.4. The van der Waals surface area contributed by atoms with E-state index in [1.54, 1.807) is 6.08 Å². The molecule has 3 heteroatoms. The summed E-state index contributed by atoms with van der Waals surface area (Å²) >= 11 is 0. The van der Waals surface area contributed by atoms with Crippen molar-refractivity contribution in [2.75, 3.05) is 0 Å². The lowest BCUT2D eigenvalue weighted by molar-refractivity contribution is 0.383. The average Bonchev–Trinajstić information content (AvgIpc) is 2.80. The van der Waals surface area contributed by atoms with Crippen molar-refractivity contribution in [1.29, 1.82) is 0 Å². The molecule has 3 nitrogen and oxygen atoms in total. The summed E-state index contributed by atoms with van der Waals surface area (Å²) in [6.45, 7) is 9.95. The van der Waals surface area contributed by atoms with Gasteiger partial charge in [0.1, 0.15) is 5.69 Å². The van der Waals surface area contributed by atoms with Gasteiger partial charge in [0.05, 0.1) is 6.54 Å². The van der Waals surface area contributed by atoms with Crippen molar-refractivity contribution in [3.63, 3.8) is 0 Å². The van der Waals surface area contributed by atoms with Gasteiger partial charge in [-0.25, -0.2) is 0 Å². The summed E-state index contributed by atoms with van der Waals surface area (Å²) in [5.74, 6) is 0.680. The Morgan fingerprint density at radius 3 is 2.69 bits per heavy atom. The standard InChI is InChI=1S/C11H14N2O.C2H6/c1-3-5-9(6-4-2)11-7-10(8-12)14-13-11;1-2/h3-7H,1,8,12H2,2H3;1-2H3/b6-4-,9-5+;. The van der Waals surface area contributed by atoms with Crippen LogP contribution in [0, 0.1) is 0 Å². The van der Waals surface area contributed by atoms with Gasteiger partial charge in [0.25, 0.3) is 0 Å². The first kappa shape index (κ1) is 14.4. The van der Waals surface area contributed by atoms with Gasteiger partial charge in [-0.05, 0) is 6.92 Å². The minimum atomic E-state index is 0.365. The van der Waals surface area contributed by atoms with Gasteiger partial charge in [0, 0.05) is 11.6 Å². The molecule has 1 aromatic heterocycles. The molecule has 0 aromatic carbocycles. The van der Waals surface area contributed by atoms with Gasteiger partial charge < -0.3 is 10.3 Å². The Morgan fingerprint density at radius 2 is 2.25 bits per heavy atom. The molecule has 2 N–H and O–H groups in total. The zero-order valence-corrected chi connectivity index (χ0v) is 10.2. The molecule has 0 bridgehead atoms. The minimum absolute atomic E-state index is 0.365. The molecule has 16 heavy (non-hydrogen) atoms. The molecule has 0 fully saturated rings. The predicted octanol–water partition coefficient (Wildman–Crippen LogP) is 3.31. The van der Waals surface area contributed by atoms with Crippen LogP contribution in [0.15, 0.2) is 41.5 Å².